The van der Waals surface area contributed by atoms with Crippen molar-refractivity contribution in [1.29, 1.82) is 0 Å². The van der Waals surface area contributed by atoms with E-state index in [9.17, 15) is 9.59 Å². The average Bonchev–Trinajstić information content (AvgIpc) is 2.88. The van der Waals surface area contributed by atoms with Gasteiger partial charge in [0.15, 0.2) is 0 Å². The molecule has 0 radical (unpaired) electrons. The zero-order valence-corrected chi connectivity index (χ0v) is 19.6. The molecule has 0 heterocycles. The molecule has 0 aliphatic carbocycles. The summed E-state index contributed by atoms with van der Waals surface area (Å²) in [6, 6.07) is 34.8. The highest BCUT2D eigenvalue weighted by Gasteiger charge is 2.22. The summed E-state index contributed by atoms with van der Waals surface area (Å²) >= 11 is 7.44. The number of hydrogen-bond acceptors (Lipinski definition) is 3. The molecule has 0 unspecified atom stereocenters. The van der Waals surface area contributed by atoms with Gasteiger partial charge < -0.3 is 10.6 Å². The summed E-state index contributed by atoms with van der Waals surface area (Å²) in [5.74, 6) is -0.792. The fourth-order valence-electron chi connectivity index (χ4n) is 3.17. The second kappa shape index (κ2) is 11.4. The summed E-state index contributed by atoms with van der Waals surface area (Å²) in [7, 11) is 0. The maximum absolute atomic E-state index is 13.5. The van der Waals surface area contributed by atoms with Gasteiger partial charge in [-0.3, -0.25) is 9.59 Å². The largest absolute Gasteiger partial charge is 0.321 e. The molecule has 0 bridgehead atoms. The summed E-state index contributed by atoms with van der Waals surface area (Å²) in [5.41, 5.74) is 2.04. The van der Waals surface area contributed by atoms with Crippen LogP contribution < -0.4 is 10.6 Å². The van der Waals surface area contributed by atoms with E-state index in [1.54, 1.807) is 48.5 Å². The number of amides is 2. The van der Waals surface area contributed by atoms with Gasteiger partial charge in [-0.2, -0.15) is 0 Å². The first kappa shape index (κ1) is 23.4. The molecule has 0 aliphatic heterocycles. The average molecular weight is 485 g/mol. The van der Waals surface area contributed by atoms with E-state index >= 15 is 0 Å². The molecule has 34 heavy (non-hydrogen) atoms. The van der Waals surface area contributed by atoms with Crippen molar-refractivity contribution in [2.45, 2.75) is 4.90 Å². The lowest BCUT2D eigenvalue weighted by Gasteiger charge is -2.17. The summed E-state index contributed by atoms with van der Waals surface area (Å²) in [6.45, 7) is 0. The number of thioether (sulfide) groups is 1. The Labute approximate surface area is 207 Å². The van der Waals surface area contributed by atoms with Gasteiger partial charge >= 0.3 is 0 Å². The number of carbonyl (C=O) groups is 2. The Balaban J connectivity index is 1.80. The molecule has 0 aromatic heterocycles. The van der Waals surface area contributed by atoms with Gasteiger partial charge in [0.1, 0.15) is 5.70 Å². The monoisotopic (exact) mass is 484 g/mol. The molecule has 4 nitrogen and oxygen atoms in total. The fourth-order valence-corrected chi connectivity index (χ4v) is 4.30. The third kappa shape index (κ3) is 6.16. The van der Waals surface area contributed by atoms with Crippen LogP contribution in [0.5, 0.6) is 0 Å². The van der Waals surface area contributed by atoms with Gasteiger partial charge in [0.25, 0.3) is 11.8 Å². The molecule has 6 heteroatoms. The SMILES string of the molecule is O=C(Nc1ccccc1)/C(NC(=O)c1ccccc1)=C(/Sc1ccc(Cl)cc1)c1ccccc1. The first-order valence-corrected chi connectivity index (χ1v) is 11.8. The van der Waals surface area contributed by atoms with Crippen LogP contribution in [0.1, 0.15) is 15.9 Å². The molecule has 2 amide bonds. The van der Waals surface area contributed by atoms with Gasteiger partial charge in [-0.15, -0.1) is 0 Å². The number of halogens is 1. The van der Waals surface area contributed by atoms with E-state index in [1.165, 1.54) is 11.8 Å². The lowest BCUT2D eigenvalue weighted by Crippen LogP contribution is -2.31. The van der Waals surface area contributed by atoms with Crippen molar-refractivity contribution in [2.75, 3.05) is 5.32 Å². The zero-order valence-electron chi connectivity index (χ0n) is 18.1. The Morgan fingerprint density at radius 1 is 0.647 bits per heavy atom. The van der Waals surface area contributed by atoms with Crippen molar-refractivity contribution in [3.05, 3.63) is 137 Å². The van der Waals surface area contributed by atoms with Crippen LogP contribution in [-0.2, 0) is 4.79 Å². The predicted molar refractivity (Wildman–Crippen MR) is 140 cm³/mol. The third-order valence-electron chi connectivity index (χ3n) is 4.83. The molecule has 0 saturated carbocycles. The van der Waals surface area contributed by atoms with E-state index in [4.69, 9.17) is 11.6 Å². The summed E-state index contributed by atoms with van der Waals surface area (Å²) in [5, 5.41) is 6.38. The molecule has 0 atom stereocenters. The number of para-hydroxylation sites is 1. The van der Waals surface area contributed by atoms with Crippen LogP contribution in [-0.4, -0.2) is 11.8 Å². The third-order valence-corrected chi connectivity index (χ3v) is 6.23. The summed E-state index contributed by atoms with van der Waals surface area (Å²) < 4.78 is 0. The number of rotatable bonds is 7. The van der Waals surface area contributed by atoms with Gasteiger partial charge in [-0.05, 0) is 54.1 Å². The molecule has 0 spiro atoms. The molecule has 0 fully saturated rings. The van der Waals surface area contributed by atoms with Crippen molar-refractivity contribution in [3.63, 3.8) is 0 Å². The highest BCUT2D eigenvalue weighted by atomic mass is 35.5. The van der Waals surface area contributed by atoms with Crippen molar-refractivity contribution in [2.24, 2.45) is 0 Å². The first-order chi connectivity index (χ1) is 16.6. The number of carbonyl (C=O) groups excluding carboxylic acids is 2. The van der Waals surface area contributed by atoms with Crippen LogP contribution in [0.2, 0.25) is 5.02 Å². The predicted octanol–water partition coefficient (Wildman–Crippen LogP) is 6.87. The number of hydrogen-bond donors (Lipinski definition) is 2. The highest BCUT2D eigenvalue weighted by molar-refractivity contribution is 8.08. The minimum absolute atomic E-state index is 0.156. The molecule has 4 aromatic carbocycles. The minimum Gasteiger partial charge on any atom is -0.321 e. The maximum Gasteiger partial charge on any atom is 0.273 e. The molecule has 0 aliphatic rings. The lowest BCUT2D eigenvalue weighted by molar-refractivity contribution is -0.113. The van der Waals surface area contributed by atoms with E-state index < -0.39 is 5.91 Å². The van der Waals surface area contributed by atoms with Gasteiger partial charge in [-0.25, -0.2) is 0 Å². The van der Waals surface area contributed by atoms with Gasteiger partial charge in [0.05, 0.1) is 0 Å². The van der Waals surface area contributed by atoms with E-state index in [0.29, 0.717) is 21.2 Å². The quantitative estimate of drug-likeness (QED) is 0.222. The Kier molecular flexibility index (Phi) is 7.81. The van der Waals surface area contributed by atoms with Crippen LogP contribution in [0.3, 0.4) is 0 Å². The Morgan fingerprint density at radius 2 is 1.18 bits per heavy atom. The van der Waals surface area contributed by atoms with Crippen LogP contribution in [0.15, 0.2) is 126 Å². The lowest BCUT2D eigenvalue weighted by atomic mass is 10.1. The second-order valence-corrected chi connectivity index (χ2v) is 8.79. The van der Waals surface area contributed by atoms with Gasteiger partial charge in [0.2, 0.25) is 0 Å². The minimum atomic E-state index is -0.421. The molecule has 0 saturated heterocycles. The van der Waals surface area contributed by atoms with E-state index in [0.717, 1.165) is 10.5 Å². The molecule has 168 valence electrons. The molecule has 4 rings (SSSR count). The molecule has 2 N–H and O–H groups in total. The fraction of sp³-hybridized carbons (Fsp3) is 0. The molecule has 4 aromatic rings. The van der Waals surface area contributed by atoms with Crippen LogP contribution in [0.4, 0.5) is 5.69 Å². The molecular weight excluding hydrogens is 464 g/mol. The van der Waals surface area contributed by atoms with Crippen LogP contribution in [0.25, 0.3) is 4.91 Å². The summed E-state index contributed by atoms with van der Waals surface area (Å²) in [4.78, 5) is 28.1. The normalized spacial score (nSPS) is 11.3. The van der Waals surface area contributed by atoms with Crippen molar-refractivity contribution in [1.82, 2.24) is 5.32 Å². The van der Waals surface area contributed by atoms with E-state index in [2.05, 4.69) is 10.6 Å². The number of benzene rings is 4. The van der Waals surface area contributed by atoms with E-state index in [1.807, 2.05) is 66.7 Å². The maximum atomic E-state index is 13.5. The van der Waals surface area contributed by atoms with Gasteiger partial charge in [0, 0.05) is 26.1 Å². The topological polar surface area (TPSA) is 58.2 Å². The van der Waals surface area contributed by atoms with E-state index in [-0.39, 0.29) is 11.6 Å². The second-order valence-electron chi connectivity index (χ2n) is 7.27. The van der Waals surface area contributed by atoms with Crippen molar-refractivity contribution < 1.29 is 9.59 Å². The Hall–Kier alpha value is -3.80. The number of anilines is 1. The zero-order chi connectivity index (χ0) is 23.8. The number of nitrogens with one attached hydrogen (secondary N) is 2. The standard InChI is InChI=1S/C28H21ClN2O2S/c29-22-16-18-24(19-17-22)34-26(20-10-4-1-5-11-20)25(28(33)30-23-14-8-3-9-15-23)31-27(32)21-12-6-2-7-13-21/h1-19H,(H,30,33)(H,31,32)/b26-25-. The van der Waals surface area contributed by atoms with Crippen molar-refractivity contribution in [3.8, 4) is 0 Å². The van der Waals surface area contributed by atoms with Crippen molar-refractivity contribution >= 4 is 45.8 Å². The molecular formula is C28H21ClN2O2S. The highest BCUT2D eigenvalue weighted by Crippen LogP contribution is 2.37. The summed E-state index contributed by atoms with van der Waals surface area (Å²) in [6.07, 6.45) is 0. The Bertz CT molecular complexity index is 1290. The van der Waals surface area contributed by atoms with Crippen LogP contribution in [0, 0.1) is 0 Å². The van der Waals surface area contributed by atoms with Gasteiger partial charge in [-0.1, -0.05) is 90.1 Å². The smallest absolute Gasteiger partial charge is 0.273 e. The Morgan fingerprint density at radius 3 is 1.76 bits per heavy atom. The van der Waals surface area contributed by atoms with Crippen LogP contribution >= 0.6 is 23.4 Å². The first-order valence-electron chi connectivity index (χ1n) is 10.6.